The van der Waals surface area contributed by atoms with E-state index in [9.17, 15) is 4.79 Å². The van der Waals surface area contributed by atoms with Crippen molar-refractivity contribution in [3.63, 3.8) is 0 Å². The van der Waals surface area contributed by atoms with Crippen molar-refractivity contribution in [1.82, 2.24) is 25.5 Å². The molecule has 2 aromatic heterocycles. The highest BCUT2D eigenvalue weighted by molar-refractivity contribution is 7.09. The quantitative estimate of drug-likeness (QED) is 0.848. The molecular weight excluding hydrogens is 262 g/mol. The first kappa shape index (κ1) is 13.7. The predicted octanol–water partition coefficient (Wildman–Crippen LogP) is 2.09. The molecule has 0 aliphatic heterocycles. The third-order valence-electron chi connectivity index (χ3n) is 2.68. The lowest BCUT2D eigenvalue weighted by atomic mass is 10.2. The van der Waals surface area contributed by atoms with E-state index in [1.165, 1.54) is 11.3 Å². The number of thiazole rings is 1. The average Bonchev–Trinajstić information content (AvgIpc) is 3.07. The molecule has 0 saturated heterocycles. The molecule has 19 heavy (non-hydrogen) atoms. The van der Waals surface area contributed by atoms with E-state index >= 15 is 0 Å². The number of aromatic amines is 1. The lowest BCUT2D eigenvalue weighted by molar-refractivity contribution is 0.0925. The van der Waals surface area contributed by atoms with Gasteiger partial charge in [0.2, 0.25) is 5.82 Å². The number of hydrogen-bond donors (Lipinski definition) is 2. The highest BCUT2D eigenvalue weighted by Crippen LogP contribution is 2.18. The van der Waals surface area contributed by atoms with Gasteiger partial charge in [0.15, 0.2) is 0 Å². The molecule has 0 spiro atoms. The third kappa shape index (κ3) is 3.37. The third-order valence-corrected chi connectivity index (χ3v) is 3.57. The predicted molar refractivity (Wildman–Crippen MR) is 73.0 cm³/mol. The maximum Gasteiger partial charge on any atom is 0.291 e. The Bertz CT molecular complexity index is 522. The summed E-state index contributed by atoms with van der Waals surface area (Å²) in [5, 5.41) is 12.4. The first-order valence-electron chi connectivity index (χ1n) is 6.36. The van der Waals surface area contributed by atoms with Crippen molar-refractivity contribution in [2.75, 3.05) is 0 Å². The number of nitrogens with one attached hydrogen (secondary N) is 2. The highest BCUT2D eigenvalue weighted by Gasteiger charge is 2.19. The molecule has 1 amide bonds. The Morgan fingerprint density at radius 1 is 1.53 bits per heavy atom. The molecule has 0 aliphatic carbocycles. The number of aromatic nitrogens is 4. The summed E-state index contributed by atoms with van der Waals surface area (Å²) < 4.78 is 0. The number of rotatable bonds is 6. The summed E-state index contributed by atoms with van der Waals surface area (Å²) in [5.41, 5.74) is 0. The molecule has 1 atom stereocenters. The summed E-state index contributed by atoms with van der Waals surface area (Å²) in [6, 6.07) is -0.0828. The van der Waals surface area contributed by atoms with Gasteiger partial charge in [-0.15, -0.1) is 16.4 Å². The van der Waals surface area contributed by atoms with Crippen molar-refractivity contribution in [1.29, 1.82) is 0 Å². The molecule has 0 radical (unpaired) electrons. The van der Waals surface area contributed by atoms with E-state index in [4.69, 9.17) is 0 Å². The van der Waals surface area contributed by atoms with Crippen molar-refractivity contribution in [2.24, 2.45) is 0 Å². The van der Waals surface area contributed by atoms with Crippen LogP contribution in [0.1, 0.15) is 54.2 Å². The monoisotopic (exact) mass is 279 g/mol. The highest BCUT2D eigenvalue weighted by atomic mass is 32.1. The summed E-state index contributed by atoms with van der Waals surface area (Å²) in [6.45, 7) is 4.06. The SMILES string of the molecule is CCCc1nc(C(=O)NC(CC)c2nccs2)n[nH]1. The van der Waals surface area contributed by atoms with Crippen molar-refractivity contribution in [3.05, 3.63) is 28.2 Å². The van der Waals surface area contributed by atoms with Gasteiger partial charge in [-0.1, -0.05) is 13.8 Å². The molecule has 2 aromatic rings. The molecule has 2 rings (SSSR count). The molecule has 0 aromatic carbocycles. The molecule has 1 unspecified atom stereocenters. The molecule has 2 heterocycles. The molecule has 0 bridgehead atoms. The zero-order valence-corrected chi connectivity index (χ0v) is 11.8. The van der Waals surface area contributed by atoms with Crippen molar-refractivity contribution < 1.29 is 4.79 Å². The van der Waals surface area contributed by atoms with Gasteiger partial charge in [0.25, 0.3) is 5.91 Å². The number of carbonyl (C=O) groups is 1. The minimum atomic E-state index is -0.263. The summed E-state index contributed by atoms with van der Waals surface area (Å²) in [6.07, 6.45) is 4.28. The van der Waals surface area contributed by atoms with E-state index in [2.05, 4.69) is 32.4 Å². The smallest absolute Gasteiger partial charge is 0.291 e. The number of hydrogen-bond acceptors (Lipinski definition) is 5. The number of amides is 1. The van der Waals surface area contributed by atoms with E-state index in [1.807, 2.05) is 12.3 Å². The standard InChI is InChI=1S/C12H17N5OS/c1-3-5-9-15-10(17-16-9)11(18)14-8(4-2)12-13-6-7-19-12/h6-8H,3-5H2,1-2H3,(H,14,18)(H,15,16,17). The molecule has 7 heteroatoms. The number of carbonyl (C=O) groups excluding carboxylic acids is 1. The second kappa shape index (κ2) is 6.42. The van der Waals surface area contributed by atoms with Crippen LogP contribution in [-0.2, 0) is 6.42 Å². The van der Waals surface area contributed by atoms with Crippen LogP contribution in [0.15, 0.2) is 11.6 Å². The normalized spacial score (nSPS) is 12.3. The van der Waals surface area contributed by atoms with Gasteiger partial charge in [-0.2, -0.15) is 0 Å². The average molecular weight is 279 g/mol. The van der Waals surface area contributed by atoms with Crippen molar-refractivity contribution in [2.45, 2.75) is 39.2 Å². The van der Waals surface area contributed by atoms with E-state index in [0.717, 1.165) is 30.1 Å². The van der Waals surface area contributed by atoms with Gasteiger partial charge < -0.3 is 5.32 Å². The Morgan fingerprint density at radius 3 is 3.00 bits per heavy atom. The molecule has 102 valence electrons. The summed E-state index contributed by atoms with van der Waals surface area (Å²) >= 11 is 1.53. The molecule has 6 nitrogen and oxygen atoms in total. The largest absolute Gasteiger partial charge is 0.340 e. The van der Waals surface area contributed by atoms with Crippen LogP contribution in [0.5, 0.6) is 0 Å². The Labute approximate surface area is 115 Å². The minimum Gasteiger partial charge on any atom is -0.340 e. The summed E-state index contributed by atoms with van der Waals surface area (Å²) in [4.78, 5) is 20.4. The Kier molecular flexibility index (Phi) is 4.62. The van der Waals surface area contributed by atoms with Crippen LogP contribution in [0.2, 0.25) is 0 Å². The fourth-order valence-corrected chi connectivity index (χ4v) is 2.49. The minimum absolute atomic E-state index is 0.0828. The molecule has 0 saturated carbocycles. The fraction of sp³-hybridized carbons (Fsp3) is 0.500. The van der Waals surface area contributed by atoms with Gasteiger partial charge in [-0.25, -0.2) is 9.97 Å². The van der Waals surface area contributed by atoms with Crippen LogP contribution in [0, 0.1) is 0 Å². The van der Waals surface area contributed by atoms with Crippen LogP contribution in [0.3, 0.4) is 0 Å². The van der Waals surface area contributed by atoms with Crippen molar-refractivity contribution in [3.8, 4) is 0 Å². The van der Waals surface area contributed by atoms with Gasteiger partial charge in [0, 0.05) is 18.0 Å². The second-order valence-electron chi connectivity index (χ2n) is 4.16. The Hall–Kier alpha value is -1.76. The lowest BCUT2D eigenvalue weighted by Crippen LogP contribution is -2.29. The maximum atomic E-state index is 12.0. The summed E-state index contributed by atoms with van der Waals surface area (Å²) in [5.74, 6) is 0.675. The first-order chi connectivity index (χ1) is 9.24. The van der Waals surface area contributed by atoms with Gasteiger partial charge in [-0.05, 0) is 12.8 Å². The second-order valence-corrected chi connectivity index (χ2v) is 5.09. The van der Waals surface area contributed by atoms with Gasteiger partial charge in [0.05, 0.1) is 6.04 Å². The van der Waals surface area contributed by atoms with Gasteiger partial charge >= 0.3 is 0 Å². The van der Waals surface area contributed by atoms with Crippen LogP contribution in [0.25, 0.3) is 0 Å². The van der Waals surface area contributed by atoms with E-state index in [1.54, 1.807) is 6.20 Å². The van der Waals surface area contributed by atoms with Gasteiger partial charge in [-0.3, -0.25) is 9.89 Å². The summed E-state index contributed by atoms with van der Waals surface area (Å²) in [7, 11) is 0. The molecule has 0 aliphatic rings. The topological polar surface area (TPSA) is 83.6 Å². The number of H-pyrrole nitrogens is 1. The van der Waals surface area contributed by atoms with Crippen LogP contribution < -0.4 is 5.32 Å². The van der Waals surface area contributed by atoms with Crippen LogP contribution in [-0.4, -0.2) is 26.1 Å². The van der Waals surface area contributed by atoms with E-state index < -0.39 is 0 Å². The Balaban J connectivity index is 2.02. The maximum absolute atomic E-state index is 12.0. The lowest BCUT2D eigenvalue weighted by Gasteiger charge is -2.12. The molecule has 2 N–H and O–H groups in total. The van der Waals surface area contributed by atoms with E-state index in [0.29, 0.717) is 0 Å². The van der Waals surface area contributed by atoms with Crippen LogP contribution in [0.4, 0.5) is 0 Å². The first-order valence-corrected chi connectivity index (χ1v) is 7.24. The van der Waals surface area contributed by atoms with Crippen LogP contribution >= 0.6 is 11.3 Å². The Morgan fingerprint density at radius 2 is 2.37 bits per heavy atom. The zero-order valence-electron chi connectivity index (χ0n) is 11.0. The van der Waals surface area contributed by atoms with E-state index in [-0.39, 0.29) is 17.8 Å². The van der Waals surface area contributed by atoms with Crippen molar-refractivity contribution >= 4 is 17.2 Å². The number of nitrogens with zero attached hydrogens (tertiary/aromatic N) is 3. The number of aryl methyl sites for hydroxylation is 1. The zero-order chi connectivity index (χ0) is 13.7. The molecular formula is C12H17N5OS. The van der Waals surface area contributed by atoms with Gasteiger partial charge in [0.1, 0.15) is 10.8 Å². The fourth-order valence-electron chi connectivity index (χ4n) is 1.71. The molecule has 0 fully saturated rings.